The number of nitrogens with one attached hydrogen (secondary N) is 1. The molecule has 0 radical (unpaired) electrons. The van der Waals surface area contributed by atoms with Crippen LogP contribution in [0.3, 0.4) is 0 Å². The summed E-state index contributed by atoms with van der Waals surface area (Å²) < 4.78 is 47.4. The number of phenolic OH excluding ortho intramolecular Hbond substituents is 1. The summed E-state index contributed by atoms with van der Waals surface area (Å²) in [4.78, 5) is 18.8. The van der Waals surface area contributed by atoms with Crippen LogP contribution in [0, 0.1) is 0 Å². The molecule has 0 spiro atoms. The molecule has 0 fully saturated rings. The molecule has 0 amide bonds. The van der Waals surface area contributed by atoms with Crippen LogP contribution in [-0.2, 0) is 4.79 Å². The number of nitrogens with zero attached hydrogens (tertiary/aromatic N) is 2. The predicted molar refractivity (Wildman–Crippen MR) is 107 cm³/mol. The van der Waals surface area contributed by atoms with Crippen molar-refractivity contribution < 1.29 is 32.5 Å². The summed E-state index contributed by atoms with van der Waals surface area (Å²) in [5, 5.41) is 13.3. The van der Waals surface area contributed by atoms with Gasteiger partial charge in [-0.2, -0.15) is 23.1 Å². The van der Waals surface area contributed by atoms with E-state index in [0.29, 0.717) is 4.47 Å². The Balaban J connectivity index is 2.16. The molecule has 0 aliphatic carbocycles. The van der Waals surface area contributed by atoms with Crippen molar-refractivity contribution in [2.45, 2.75) is 6.18 Å². The van der Waals surface area contributed by atoms with Gasteiger partial charge in [0, 0.05) is 15.9 Å². The second kappa shape index (κ2) is 8.32. The van der Waals surface area contributed by atoms with Gasteiger partial charge in [0.2, 0.25) is 0 Å². The SMILES string of the molecule is COc1cc2c(Nc3ccc(Br)c(Cl)c3Cl)nc(OC(=O)C(F)(F)F)nc2cc1O. The largest absolute Gasteiger partial charge is 0.504 e. The molecule has 1 aromatic heterocycles. The minimum atomic E-state index is -5.25. The number of hydrogen-bond acceptors (Lipinski definition) is 7. The van der Waals surface area contributed by atoms with Crippen LogP contribution in [0.4, 0.5) is 24.7 Å². The molecule has 13 heteroatoms. The van der Waals surface area contributed by atoms with Crippen molar-refractivity contribution >= 4 is 67.5 Å². The lowest BCUT2D eigenvalue weighted by Gasteiger charge is -2.14. The molecule has 0 aliphatic heterocycles. The Labute approximate surface area is 184 Å². The molecular weight excluding hydrogens is 518 g/mol. The normalized spacial score (nSPS) is 11.4. The fourth-order valence-electron chi connectivity index (χ4n) is 2.32. The molecule has 158 valence electrons. The van der Waals surface area contributed by atoms with E-state index in [9.17, 15) is 23.1 Å². The Morgan fingerprint density at radius 1 is 1.20 bits per heavy atom. The molecule has 30 heavy (non-hydrogen) atoms. The zero-order valence-electron chi connectivity index (χ0n) is 14.6. The van der Waals surface area contributed by atoms with Gasteiger partial charge in [-0.25, -0.2) is 4.79 Å². The quantitative estimate of drug-likeness (QED) is 0.336. The number of aromatic hydroxyl groups is 1. The number of anilines is 2. The Bertz CT molecular complexity index is 1160. The second-order valence-electron chi connectivity index (χ2n) is 5.63. The minimum Gasteiger partial charge on any atom is -0.504 e. The first-order valence-electron chi connectivity index (χ1n) is 7.79. The number of esters is 1. The van der Waals surface area contributed by atoms with Gasteiger partial charge < -0.3 is 19.9 Å². The molecule has 0 bridgehead atoms. The van der Waals surface area contributed by atoms with Crippen LogP contribution in [0.1, 0.15) is 0 Å². The van der Waals surface area contributed by atoms with Crippen molar-refractivity contribution in [3.63, 3.8) is 0 Å². The van der Waals surface area contributed by atoms with E-state index in [2.05, 4.69) is 36.0 Å². The van der Waals surface area contributed by atoms with Crippen LogP contribution < -0.4 is 14.8 Å². The summed E-state index contributed by atoms with van der Waals surface area (Å²) in [6, 6.07) is 4.68. The first-order chi connectivity index (χ1) is 14.0. The lowest BCUT2D eigenvalue weighted by molar-refractivity contribution is -0.190. The molecule has 2 N–H and O–H groups in total. The molecule has 3 rings (SSSR count). The summed E-state index contributed by atoms with van der Waals surface area (Å²) in [7, 11) is 1.31. The van der Waals surface area contributed by atoms with E-state index in [1.54, 1.807) is 6.07 Å². The average Bonchev–Trinajstić information content (AvgIpc) is 2.67. The number of hydrogen-bond donors (Lipinski definition) is 2. The highest BCUT2D eigenvalue weighted by Crippen LogP contribution is 2.39. The number of aromatic nitrogens is 2. The first-order valence-corrected chi connectivity index (χ1v) is 9.34. The molecule has 1 heterocycles. The first kappa shape index (κ1) is 22.2. The lowest BCUT2D eigenvalue weighted by Crippen LogP contribution is -2.28. The number of phenols is 1. The van der Waals surface area contributed by atoms with E-state index < -0.39 is 18.2 Å². The number of halogens is 6. The predicted octanol–water partition coefficient (Wildman–Crippen LogP) is 5.62. The fourth-order valence-corrected chi connectivity index (χ4v) is 3.14. The van der Waals surface area contributed by atoms with Gasteiger partial charge in [0.25, 0.3) is 0 Å². The Morgan fingerprint density at radius 3 is 2.53 bits per heavy atom. The van der Waals surface area contributed by atoms with Crippen molar-refractivity contribution in [1.82, 2.24) is 9.97 Å². The molecule has 3 aromatic rings. The fraction of sp³-hybridized carbons (Fsp3) is 0.118. The number of benzene rings is 2. The van der Waals surface area contributed by atoms with Crippen molar-refractivity contribution in [3.8, 4) is 17.5 Å². The van der Waals surface area contributed by atoms with E-state index in [1.165, 1.54) is 19.2 Å². The minimum absolute atomic E-state index is 0.0323. The zero-order valence-corrected chi connectivity index (χ0v) is 17.7. The van der Waals surface area contributed by atoms with E-state index >= 15 is 0 Å². The average molecular weight is 527 g/mol. The number of fused-ring (bicyclic) bond motifs is 1. The Kier molecular flexibility index (Phi) is 6.16. The van der Waals surface area contributed by atoms with Gasteiger partial charge in [0.05, 0.1) is 28.4 Å². The molecule has 0 saturated carbocycles. The Morgan fingerprint density at radius 2 is 1.90 bits per heavy atom. The van der Waals surface area contributed by atoms with Gasteiger partial charge in [0.15, 0.2) is 11.5 Å². The summed E-state index contributed by atoms with van der Waals surface area (Å²) in [5.74, 6) is -2.87. The van der Waals surface area contributed by atoms with Crippen LogP contribution in [0.2, 0.25) is 10.0 Å². The van der Waals surface area contributed by atoms with E-state index in [4.69, 9.17) is 27.9 Å². The number of carbonyl (C=O) groups is 1. The van der Waals surface area contributed by atoms with Crippen molar-refractivity contribution in [1.29, 1.82) is 0 Å². The van der Waals surface area contributed by atoms with Crippen molar-refractivity contribution in [2.24, 2.45) is 0 Å². The number of methoxy groups -OCH3 is 1. The summed E-state index contributed by atoms with van der Waals surface area (Å²) in [6.07, 6.45) is -5.25. The highest BCUT2D eigenvalue weighted by atomic mass is 79.9. The third-order valence-electron chi connectivity index (χ3n) is 3.68. The van der Waals surface area contributed by atoms with Gasteiger partial charge in [0.1, 0.15) is 5.82 Å². The summed E-state index contributed by atoms with van der Waals surface area (Å²) >= 11 is 15.5. The number of carbonyl (C=O) groups excluding carboxylic acids is 1. The zero-order chi connectivity index (χ0) is 22.2. The van der Waals surface area contributed by atoms with Crippen LogP contribution in [-0.4, -0.2) is 34.3 Å². The summed E-state index contributed by atoms with van der Waals surface area (Å²) in [5.41, 5.74) is 0.222. The maximum atomic E-state index is 12.6. The standard InChI is InChI=1S/C17H9BrCl2F3N3O4/c1-29-11-4-6-9(5-10(11)27)25-16(30-15(28)17(21,22)23)26-14(6)24-8-3-2-7(18)12(19)13(8)20/h2-5,27H,1H3,(H,24,25,26). The number of rotatable bonds is 4. The van der Waals surface area contributed by atoms with Crippen molar-refractivity contribution in [3.05, 3.63) is 38.8 Å². The molecule has 7 nitrogen and oxygen atoms in total. The van der Waals surface area contributed by atoms with Gasteiger partial charge in [-0.1, -0.05) is 23.2 Å². The topological polar surface area (TPSA) is 93.6 Å². The highest BCUT2D eigenvalue weighted by Gasteiger charge is 2.42. The maximum absolute atomic E-state index is 12.6. The molecule has 0 saturated heterocycles. The monoisotopic (exact) mass is 525 g/mol. The third kappa shape index (κ3) is 4.47. The third-order valence-corrected chi connectivity index (χ3v) is 5.45. The molecular formula is C17H9BrCl2F3N3O4. The van der Waals surface area contributed by atoms with Gasteiger partial charge >= 0.3 is 18.2 Å². The molecule has 2 aromatic carbocycles. The van der Waals surface area contributed by atoms with Crippen LogP contribution in [0.25, 0.3) is 10.9 Å². The van der Waals surface area contributed by atoms with E-state index in [0.717, 1.165) is 6.07 Å². The molecule has 0 unspecified atom stereocenters. The summed E-state index contributed by atoms with van der Waals surface area (Å²) in [6.45, 7) is 0. The maximum Gasteiger partial charge on any atom is 0.491 e. The van der Waals surface area contributed by atoms with Crippen LogP contribution in [0.15, 0.2) is 28.7 Å². The van der Waals surface area contributed by atoms with Crippen molar-refractivity contribution in [2.75, 3.05) is 12.4 Å². The number of alkyl halides is 3. The van der Waals surface area contributed by atoms with Crippen LogP contribution >= 0.6 is 39.1 Å². The van der Waals surface area contributed by atoms with E-state index in [1.807, 2.05) is 0 Å². The highest BCUT2D eigenvalue weighted by molar-refractivity contribution is 9.10. The van der Waals surface area contributed by atoms with Gasteiger partial charge in [-0.05, 0) is 34.1 Å². The molecule has 0 atom stereocenters. The number of ether oxygens (including phenoxy) is 2. The molecule has 0 aliphatic rings. The Hall–Kier alpha value is -2.50. The van der Waals surface area contributed by atoms with Gasteiger partial charge in [-0.15, -0.1) is 0 Å². The smallest absolute Gasteiger partial charge is 0.491 e. The van der Waals surface area contributed by atoms with E-state index in [-0.39, 0.29) is 44.0 Å². The lowest BCUT2D eigenvalue weighted by atomic mass is 10.2. The van der Waals surface area contributed by atoms with Gasteiger partial charge in [-0.3, -0.25) is 0 Å². The second-order valence-corrected chi connectivity index (χ2v) is 7.24. The van der Waals surface area contributed by atoms with Crippen LogP contribution in [0.5, 0.6) is 17.5 Å².